The van der Waals surface area contributed by atoms with Crippen LogP contribution in [0, 0.1) is 6.92 Å². The van der Waals surface area contributed by atoms with Gasteiger partial charge >= 0.3 is 10.1 Å². The van der Waals surface area contributed by atoms with Crippen LogP contribution in [0.15, 0.2) is 46.1 Å². The summed E-state index contributed by atoms with van der Waals surface area (Å²) in [4.78, 5) is 12.6. The molecular formula is C22H31NO4S. The number of benzene rings is 1. The summed E-state index contributed by atoms with van der Waals surface area (Å²) in [6.07, 6.45) is 5.21. The number of hydrogen-bond donors (Lipinski definition) is 0. The molecule has 0 bridgehead atoms. The molecule has 1 heterocycles. The fraction of sp³-hybridized carbons (Fsp3) is 0.500. The Balaban J connectivity index is 0.00000280. The van der Waals surface area contributed by atoms with Gasteiger partial charge in [-0.05, 0) is 55.0 Å². The summed E-state index contributed by atoms with van der Waals surface area (Å²) in [5, 5.41) is 0. The first-order valence-electron chi connectivity index (χ1n) is 9.56. The van der Waals surface area contributed by atoms with Crippen LogP contribution in [-0.4, -0.2) is 13.1 Å². The van der Waals surface area contributed by atoms with Crippen molar-refractivity contribution in [3.63, 3.8) is 0 Å². The molecule has 1 aromatic carbocycles. The smallest absolute Gasteiger partial charge is 0.280 e. The summed E-state index contributed by atoms with van der Waals surface area (Å²) in [5.74, 6) is 0.449. The molecule has 0 N–H and O–H groups in total. The van der Waals surface area contributed by atoms with Crippen LogP contribution >= 0.6 is 0 Å². The van der Waals surface area contributed by atoms with Crippen LogP contribution in [0.25, 0.3) is 0 Å². The van der Waals surface area contributed by atoms with Crippen molar-refractivity contribution in [2.24, 2.45) is 0 Å². The van der Waals surface area contributed by atoms with E-state index in [1.54, 1.807) is 12.1 Å². The minimum atomic E-state index is -4.09. The lowest BCUT2D eigenvalue weighted by Gasteiger charge is -2.24. The highest BCUT2D eigenvalue weighted by atomic mass is 32.2. The first-order chi connectivity index (χ1) is 12.8. The van der Waals surface area contributed by atoms with Crippen molar-refractivity contribution in [3.05, 3.63) is 63.6 Å². The summed E-state index contributed by atoms with van der Waals surface area (Å²) in [5.41, 5.74) is 2.07. The summed E-state index contributed by atoms with van der Waals surface area (Å²) in [7, 11) is -4.09. The molecule has 154 valence electrons. The molecule has 0 radical (unpaired) electrons. The summed E-state index contributed by atoms with van der Waals surface area (Å²) < 4.78 is 31.9. The van der Waals surface area contributed by atoms with Crippen LogP contribution in [0.3, 0.4) is 0 Å². The van der Waals surface area contributed by atoms with Gasteiger partial charge in [-0.15, -0.1) is 4.73 Å². The zero-order chi connectivity index (χ0) is 19.6. The van der Waals surface area contributed by atoms with E-state index in [4.69, 9.17) is 4.28 Å². The zero-order valence-electron chi connectivity index (χ0n) is 16.1. The van der Waals surface area contributed by atoms with Crippen LogP contribution in [0.1, 0.15) is 82.0 Å². The predicted molar refractivity (Wildman–Crippen MR) is 112 cm³/mol. The average Bonchev–Trinajstić information content (AvgIpc) is 2.64. The topological polar surface area (TPSA) is 65.4 Å². The first kappa shape index (κ1) is 22.2. The fourth-order valence-corrected chi connectivity index (χ4v) is 4.55. The first-order valence-corrected chi connectivity index (χ1v) is 11.0. The lowest BCUT2D eigenvalue weighted by atomic mass is 9.86. The van der Waals surface area contributed by atoms with E-state index < -0.39 is 15.7 Å². The molecule has 0 aliphatic heterocycles. The number of rotatable bonds is 5. The molecule has 1 fully saturated rings. The molecule has 5 nitrogen and oxygen atoms in total. The normalized spacial score (nSPS) is 15.3. The van der Waals surface area contributed by atoms with Crippen molar-refractivity contribution in [1.29, 1.82) is 0 Å². The van der Waals surface area contributed by atoms with Crippen molar-refractivity contribution < 1.29 is 12.7 Å². The lowest BCUT2D eigenvalue weighted by Crippen LogP contribution is -2.34. The number of pyridine rings is 1. The zero-order valence-corrected chi connectivity index (χ0v) is 17.0. The molecule has 0 amide bonds. The minimum Gasteiger partial charge on any atom is -0.280 e. The van der Waals surface area contributed by atoms with E-state index in [0.717, 1.165) is 41.5 Å². The van der Waals surface area contributed by atoms with E-state index in [0.29, 0.717) is 11.6 Å². The van der Waals surface area contributed by atoms with Gasteiger partial charge in [0.15, 0.2) is 0 Å². The molecule has 6 heteroatoms. The van der Waals surface area contributed by atoms with Gasteiger partial charge in [0.1, 0.15) is 4.90 Å². The summed E-state index contributed by atoms with van der Waals surface area (Å²) >= 11 is 0. The predicted octanol–water partition coefficient (Wildman–Crippen LogP) is 4.78. The van der Waals surface area contributed by atoms with Crippen LogP contribution < -0.4 is 9.84 Å². The largest absolute Gasteiger partial charge is 0.357 e. The number of hydrogen-bond acceptors (Lipinski definition) is 4. The Morgan fingerprint density at radius 1 is 1.04 bits per heavy atom. The molecule has 2 aromatic rings. The standard InChI is InChI=1S/C21H27NO4S.CH4/c1-15(2)17-9-11-19(12-10-17)27(24,25)26-22-20(13-16(3)14-21(22)23)18-7-5-4-6-8-18;/h9-15,18H,4-8H2,1-3H3;1H4. The minimum absolute atomic E-state index is 0. The maximum absolute atomic E-state index is 12.8. The molecule has 3 rings (SSSR count). The van der Waals surface area contributed by atoms with E-state index in [2.05, 4.69) is 0 Å². The number of aromatic nitrogens is 1. The Kier molecular flexibility index (Phi) is 7.10. The second-order valence-corrected chi connectivity index (χ2v) is 9.21. The van der Waals surface area contributed by atoms with Crippen LogP contribution in [0.4, 0.5) is 0 Å². The Morgan fingerprint density at radius 2 is 1.64 bits per heavy atom. The Morgan fingerprint density at radius 3 is 2.21 bits per heavy atom. The van der Waals surface area contributed by atoms with Gasteiger partial charge in [-0.3, -0.25) is 9.08 Å². The molecular weight excluding hydrogens is 374 g/mol. The van der Waals surface area contributed by atoms with E-state index in [-0.39, 0.29) is 18.2 Å². The third-order valence-electron chi connectivity index (χ3n) is 5.19. The third kappa shape index (κ3) is 4.85. The molecule has 1 aliphatic rings. The highest BCUT2D eigenvalue weighted by molar-refractivity contribution is 7.87. The van der Waals surface area contributed by atoms with E-state index >= 15 is 0 Å². The maximum atomic E-state index is 12.8. The third-order valence-corrected chi connectivity index (χ3v) is 6.39. The average molecular weight is 406 g/mol. The lowest BCUT2D eigenvalue weighted by molar-refractivity contribution is 0.241. The van der Waals surface area contributed by atoms with E-state index in [1.807, 2.05) is 26.8 Å². The van der Waals surface area contributed by atoms with Crippen molar-refractivity contribution in [3.8, 4) is 0 Å². The van der Waals surface area contributed by atoms with Gasteiger partial charge in [0, 0.05) is 12.0 Å². The molecule has 0 spiro atoms. The van der Waals surface area contributed by atoms with Gasteiger partial charge in [-0.1, -0.05) is 52.7 Å². The van der Waals surface area contributed by atoms with Crippen LogP contribution in [-0.2, 0) is 10.1 Å². The van der Waals surface area contributed by atoms with Gasteiger partial charge in [0.2, 0.25) is 0 Å². The molecule has 28 heavy (non-hydrogen) atoms. The molecule has 0 saturated heterocycles. The SMILES string of the molecule is C.Cc1cc(C2CCCCC2)n(OS(=O)(=O)c2ccc(C(C)C)cc2)c(=O)c1. The van der Waals surface area contributed by atoms with E-state index in [9.17, 15) is 13.2 Å². The number of aryl methyl sites for hydroxylation is 1. The second kappa shape index (κ2) is 8.95. The van der Waals surface area contributed by atoms with Crippen molar-refractivity contribution in [2.45, 2.75) is 77.0 Å². The van der Waals surface area contributed by atoms with Crippen molar-refractivity contribution >= 4 is 10.1 Å². The fourth-order valence-electron chi connectivity index (χ4n) is 3.64. The summed E-state index contributed by atoms with van der Waals surface area (Å²) in [6, 6.07) is 9.90. The van der Waals surface area contributed by atoms with Gasteiger partial charge in [-0.25, -0.2) is 0 Å². The van der Waals surface area contributed by atoms with Crippen LogP contribution in [0.2, 0.25) is 0 Å². The monoisotopic (exact) mass is 405 g/mol. The van der Waals surface area contributed by atoms with Crippen molar-refractivity contribution in [1.82, 2.24) is 4.73 Å². The Hall–Kier alpha value is -2.08. The highest BCUT2D eigenvalue weighted by Crippen LogP contribution is 2.32. The molecule has 0 atom stereocenters. The van der Waals surface area contributed by atoms with Gasteiger partial charge in [-0.2, -0.15) is 8.42 Å². The van der Waals surface area contributed by atoms with Crippen LogP contribution in [0.5, 0.6) is 0 Å². The van der Waals surface area contributed by atoms with Gasteiger partial charge < -0.3 is 0 Å². The number of nitrogens with zero attached hydrogens (tertiary/aromatic N) is 1. The Bertz CT molecular complexity index is 953. The quantitative estimate of drug-likeness (QED) is 0.718. The summed E-state index contributed by atoms with van der Waals surface area (Å²) in [6.45, 7) is 5.93. The van der Waals surface area contributed by atoms with Crippen molar-refractivity contribution in [2.75, 3.05) is 0 Å². The Labute approximate surface area is 168 Å². The van der Waals surface area contributed by atoms with E-state index in [1.165, 1.54) is 24.6 Å². The molecule has 1 aliphatic carbocycles. The van der Waals surface area contributed by atoms with Gasteiger partial charge in [0.25, 0.3) is 5.56 Å². The van der Waals surface area contributed by atoms with Gasteiger partial charge in [0.05, 0.1) is 5.69 Å². The maximum Gasteiger partial charge on any atom is 0.357 e. The highest BCUT2D eigenvalue weighted by Gasteiger charge is 2.25. The second-order valence-electron chi connectivity index (χ2n) is 7.68. The molecule has 1 saturated carbocycles. The molecule has 0 unspecified atom stereocenters. The molecule has 1 aromatic heterocycles.